The molecule has 0 aliphatic carbocycles. The summed E-state index contributed by atoms with van der Waals surface area (Å²) in [6, 6.07) is 14.6. The predicted molar refractivity (Wildman–Crippen MR) is 164 cm³/mol. The highest BCUT2D eigenvalue weighted by Gasteiger charge is 2.06. The predicted octanol–water partition coefficient (Wildman–Crippen LogP) is 11.4. The Labute approximate surface area is 238 Å². The van der Waals surface area contributed by atoms with E-state index in [-0.39, 0.29) is 0 Å². The van der Waals surface area contributed by atoms with Crippen LogP contribution >= 0.6 is 0 Å². The SMILES string of the molecule is CCCCCCCCCCCOc1ccc(N=[N+]([O-])c2ccc(OCCCCCCCCCCC)cc2)cc1. The summed E-state index contributed by atoms with van der Waals surface area (Å²) < 4.78 is 11.7. The van der Waals surface area contributed by atoms with E-state index in [1.807, 2.05) is 36.4 Å². The average Bonchev–Trinajstić information content (AvgIpc) is 2.96. The Morgan fingerprint density at radius 1 is 0.513 bits per heavy atom. The summed E-state index contributed by atoms with van der Waals surface area (Å²) in [5.41, 5.74) is 1.09. The summed E-state index contributed by atoms with van der Waals surface area (Å²) in [4.78, 5) is 0.655. The Kier molecular flexibility index (Phi) is 18.6. The van der Waals surface area contributed by atoms with Crippen molar-refractivity contribution in [1.82, 2.24) is 0 Å². The number of benzene rings is 2. The van der Waals surface area contributed by atoms with Crippen LogP contribution in [-0.2, 0) is 0 Å². The minimum Gasteiger partial charge on any atom is -0.594 e. The molecule has 0 unspecified atom stereocenters. The van der Waals surface area contributed by atoms with E-state index in [1.165, 1.54) is 103 Å². The quantitative estimate of drug-likeness (QED) is 0.0578. The van der Waals surface area contributed by atoms with Gasteiger partial charge in [0.2, 0.25) is 5.69 Å². The van der Waals surface area contributed by atoms with E-state index >= 15 is 0 Å². The second-order valence-corrected chi connectivity index (χ2v) is 10.7. The van der Waals surface area contributed by atoms with Crippen molar-refractivity contribution in [2.24, 2.45) is 5.11 Å². The van der Waals surface area contributed by atoms with Crippen LogP contribution in [0.15, 0.2) is 53.6 Å². The van der Waals surface area contributed by atoms with Gasteiger partial charge in [-0.1, -0.05) is 121 Å². The number of rotatable bonds is 24. The summed E-state index contributed by atoms with van der Waals surface area (Å²) in [5, 5.41) is 16.7. The van der Waals surface area contributed by atoms with Gasteiger partial charge in [-0.25, -0.2) is 0 Å². The molecule has 2 aromatic rings. The number of unbranched alkanes of at least 4 members (excludes halogenated alkanes) is 16. The fourth-order valence-corrected chi connectivity index (χ4v) is 4.65. The molecule has 0 fully saturated rings. The molecule has 5 heteroatoms. The third kappa shape index (κ3) is 16.2. The molecule has 2 rings (SSSR count). The molecule has 0 radical (unpaired) electrons. The Hall–Kier alpha value is -2.56. The molecule has 0 saturated carbocycles. The van der Waals surface area contributed by atoms with Crippen LogP contribution in [0.2, 0.25) is 0 Å². The van der Waals surface area contributed by atoms with Gasteiger partial charge in [-0.15, -0.1) is 0 Å². The van der Waals surface area contributed by atoms with Gasteiger partial charge < -0.3 is 14.7 Å². The first-order valence-corrected chi connectivity index (χ1v) is 15.9. The zero-order valence-electron chi connectivity index (χ0n) is 24.9. The number of hydrogen-bond acceptors (Lipinski definition) is 4. The Morgan fingerprint density at radius 2 is 0.872 bits per heavy atom. The summed E-state index contributed by atoms with van der Waals surface area (Å²) >= 11 is 0. The lowest BCUT2D eigenvalue weighted by molar-refractivity contribution is -0.435. The minimum atomic E-state index is 0.483. The van der Waals surface area contributed by atoms with Crippen molar-refractivity contribution in [1.29, 1.82) is 0 Å². The Balaban J connectivity index is 1.59. The van der Waals surface area contributed by atoms with Crippen molar-refractivity contribution in [3.63, 3.8) is 0 Å². The standard InChI is InChI=1S/C34H54N2O3/c1-3-5-7-9-11-13-15-17-19-29-38-33-25-21-31(22-26-33)35-36(37)32-23-27-34(28-24-32)39-30-20-18-16-14-12-10-8-6-4-2/h21-28H,3-20,29-30H2,1-2H3. The summed E-state index contributed by atoms with van der Waals surface area (Å²) in [6.45, 7) is 5.96. The summed E-state index contributed by atoms with van der Waals surface area (Å²) in [5.74, 6) is 1.61. The van der Waals surface area contributed by atoms with Crippen molar-refractivity contribution in [3.05, 3.63) is 53.7 Å². The molecular weight excluding hydrogens is 484 g/mol. The van der Waals surface area contributed by atoms with Gasteiger partial charge in [0.05, 0.1) is 13.2 Å². The van der Waals surface area contributed by atoms with E-state index < -0.39 is 0 Å². The van der Waals surface area contributed by atoms with Gasteiger partial charge in [0.15, 0.2) is 0 Å². The van der Waals surface area contributed by atoms with Gasteiger partial charge in [-0.2, -0.15) is 0 Å². The van der Waals surface area contributed by atoms with E-state index in [2.05, 4.69) is 19.0 Å². The van der Waals surface area contributed by atoms with Crippen LogP contribution in [0, 0.1) is 5.21 Å². The average molecular weight is 539 g/mol. The first kappa shape index (κ1) is 32.7. The van der Waals surface area contributed by atoms with Gasteiger partial charge in [-0.05, 0) is 49.2 Å². The maximum atomic E-state index is 12.5. The van der Waals surface area contributed by atoms with E-state index in [4.69, 9.17) is 9.47 Å². The van der Waals surface area contributed by atoms with E-state index in [1.54, 1.807) is 12.1 Å². The zero-order chi connectivity index (χ0) is 27.8. The molecular formula is C34H54N2O3. The smallest absolute Gasteiger partial charge is 0.245 e. The van der Waals surface area contributed by atoms with Gasteiger partial charge in [0.25, 0.3) is 0 Å². The topological polar surface area (TPSA) is 56.9 Å². The van der Waals surface area contributed by atoms with Gasteiger partial charge >= 0.3 is 0 Å². The number of azo groups is 1. The molecule has 5 nitrogen and oxygen atoms in total. The summed E-state index contributed by atoms with van der Waals surface area (Å²) in [7, 11) is 0. The van der Waals surface area contributed by atoms with Crippen LogP contribution < -0.4 is 9.47 Å². The molecule has 0 amide bonds. The fourth-order valence-electron chi connectivity index (χ4n) is 4.65. The first-order chi connectivity index (χ1) is 19.2. The van der Waals surface area contributed by atoms with E-state index in [0.29, 0.717) is 22.8 Å². The minimum absolute atomic E-state index is 0.483. The first-order valence-electron chi connectivity index (χ1n) is 15.9. The van der Waals surface area contributed by atoms with Gasteiger partial charge in [0, 0.05) is 17.2 Å². The van der Waals surface area contributed by atoms with Crippen LogP contribution in [-0.4, -0.2) is 18.1 Å². The van der Waals surface area contributed by atoms with E-state index in [9.17, 15) is 5.21 Å². The number of hydrogen-bond donors (Lipinski definition) is 0. The molecule has 0 spiro atoms. The highest BCUT2D eigenvalue weighted by molar-refractivity contribution is 5.41. The Morgan fingerprint density at radius 3 is 1.28 bits per heavy atom. The lowest BCUT2D eigenvalue weighted by Crippen LogP contribution is -1.98. The molecule has 39 heavy (non-hydrogen) atoms. The van der Waals surface area contributed by atoms with Gasteiger partial charge in [0.1, 0.15) is 17.2 Å². The second-order valence-electron chi connectivity index (χ2n) is 10.7. The molecule has 218 valence electrons. The summed E-state index contributed by atoms with van der Waals surface area (Å²) in [6.07, 6.45) is 23.4. The maximum absolute atomic E-state index is 12.5. The van der Waals surface area contributed by atoms with Crippen molar-refractivity contribution >= 4 is 11.4 Å². The molecule has 0 aliphatic rings. The fraction of sp³-hybridized carbons (Fsp3) is 0.647. The van der Waals surface area contributed by atoms with Crippen LogP contribution in [0.3, 0.4) is 0 Å². The molecule has 0 saturated heterocycles. The molecule has 0 heterocycles. The monoisotopic (exact) mass is 538 g/mol. The van der Waals surface area contributed by atoms with Crippen molar-refractivity contribution in [2.45, 2.75) is 129 Å². The highest BCUT2D eigenvalue weighted by atomic mass is 16.5. The lowest BCUT2D eigenvalue weighted by atomic mass is 10.1. The van der Waals surface area contributed by atoms with Crippen molar-refractivity contribution in [2.75, 3.05) is 13.2 Å². The third-order valence-corrected chi connectivity index (χ3v) is 7.13. The highest BCUT2D eigenvalue weighted by Crippen LogP contribution is 2.23. The van der Waals surface area contributed by atoms with E-state index in [0.717, 1.165) is 30.9 Å². The Bertz CT molecular complexity index is 865. The molecule has 2 aromatic carbocycles. The largest absolute Gasteiger partial charge is 0.594 e. The third-order valence-electron chi connectivity index (χ3n) is 7.13. The molecule has 0 aromatic heterocycles. The van der Waals surface area contributed by atoms with Crippen LogP contribution in [0.5, 0.6) is 11.5 Å². The van der Waals surface area contributed by atoms with Crippen LogP contribution in [0.25, 0.3) is 0 Å². The van der Waals surface area contributed by atoms with Crippen LogP contribution in [0.4, 0.5) is 11.4 Å². The number of nitrogens with zero attached hydrogens (tertiary/aromatic N) is 2. The van der Waals surface area contributed by atoms with Crippen molar-refractivity contribution in [3.8, 4) is 11.5 Å². The molecule has 0 N–H and O–H groups in total. The molecule has 0 bridgehead atoms. The van der Waals surface area contributed by atoms with Crippen molar-refractivity contribution < 1.29 is 14.3 Å². The lowest BCUT2D eigenvalue weighted by Gasteiger charge is -2.07. The second kappa shape index (κ2) is 22.3. The zero-order valence-corrected chi connectivity index (χ0v) is 24.9. The number of ether oxygens (including phenoxy) is 2. The normalized spacial score (nSPS) is 11.6. The van der Waals surface area contributed by atoms with Gasteiger partial charge in [-0.3, -0.25) is 0 Å². The molecule has 0 atom stereocenters. The maximum Gasteiger partial charge on any atom is 0.245 e. The molecule has 0 aliphatic heterocycles. The van der Waals surface area contributed by atoms with Crippen LogP contribution in [0.1, 0.15) is 129 Å².